The van der Waals surface area contributed by atoms with Crippen LogP contribution in [0.15, 0.2) is 54.6 Å². The lowest BCUT2D eigenvalue weighted by Crippen LogP contribution is -2.19. The van der Waals surface area contributed by atoms with Crippen LogP contribution in [0.4, 0.5) is 0 Å². The van der Waals surface area contributed by atoms with E-state index in [-0.39, 0.29) is 6.04 Å². The number of nitrogens with two attached hydrogens (primary N) is 1. The third kappa shape index (κ3) is 3.67. The Balaban J connectivity index is 2.86. The van der Waals surface area contributed by atoms with Gasteiger partial charge in [0.2, 0.25) is 0 Å². The molecule has 1 rings (SSSR count). The highest BCUT2D eigenvalue weighted by atomic mass is 14.6. The van der Waals surface area contributed by atoms with Crippen molar-refractivity contribution < 1.29 is 0 Å². The van der Waals surface area contributed by atoms with Crippen molar-refractivity contribution in [3.63, 3.8) is 0 Å². The fourth-order valence-electron chi connectivity index (χ4n) is 1.86. The van der Waals surface area contributed by atoms with Crippen molar-refractivity contribution in [2.45, 2.75) is 26.3 Å². The highest BCUT2D eigenvalue weighted by Crippen LogP contribution is 2.24. The predicted octanol–water partition coefficient (Wildman–Crippen LogP) is 3.84. The first-order valence-electron chi connectivity index (χ1n) is 5.71. The Morgan fingerprint density at radius 2 is 1.94 bits per heavy atom. The Morgan fingerprint density at radius 1 is 1.31 bits per heavy atom. The van der Waals surface area contributed by atoms with Gasteiger partial charge in [0, 0.05) is 6.04 Å². The molecule has 0 fully saturated rings. The van der Waals surface area contributed by atoms with Crippen LogP contribution in [0, 0.1) is 5.92 Å². The van der Waals surface area contributed by atoms with E-state index in [1.54, 1.807) is 0 Å². The van der Waals surface area contributed by atoms with Crippen molar-refractivity contribution in [2.24, 2.45) is 11.7 Å². The zero-order valence-electron chi connectivity index (χ0n) is 10.2. The maximum absolute atomic E-state index is 6.28. The van der Waals surface area contributed by atoms with Crippen LogP contribution in [0.1, 0.15) is 31.9 Å². The van der Waals surface area contributed by atoms with Gasteiger partial charge in [0.1, 0.15) is 0 Å². The first kappa shape index (κ1) is 12.7. The highest BCUT2D eigenvalue weighted by molar-refractivity contribution is 5.21. The van der Waals surface area contributed by atoms with Crippen molar-refractivity contribution in [1.82, 2.24) is 0 Å². The molecule has 0 aromatic heterocycles. The summed E-state index contributed by atoms with van der Waals surface area (Å²) in [6, 6.07) is 10.3. The van der Waals surface area contributed by atoms with Crippen LogP contribution < -0.4 is 5.73 Å². The fraction of sp³-hybridized carbons (Fsp3) is 0.333. The minimum absolute atomic E-state index is 0.0501. The second-order valence-corrected chi connectivity index (χ2v) is 4.37. The summed E-state index contributed by atoms with van der Waals surface area (Å²) in [5.74, 6) is 0.338. The Morgan fingerprint density at radius 3 is 2.44 bits per heavy atom. The van der Waals surface area contributed by atoms with Crippen molar-refractivity contribution in [1.29, 1.82) is 0 Å². The number of hydrogen-bond donors (Lipinski definition) is 1. The second kappa shape index (κ2) is 6.29. The van der Waals surface area contributed by atoms with Crippen molar-refractivity contribution in [2.75, 3.05) is 0 Å². The van der Waals surface area contributed by atoms with E-state index in [0.717, 1.165) is 6.42 Å². The minimum Gasteiger partial charge on any atom is -0.323 e. The molecule has 2 atom stereocenters. The molecule has 0 spiro atoms. The van der Waals surface area contributed by atoms with Gasteiger partial charge < -0.3 is 5.73 Å². The molecular formula is C15H21N. The maximum Gasteiger partial charge on any atom is 0.0361 e. The monoisotopic (exact) mass is 215 g/mol. The van der Waals surface area contributed by atoms with Gasteiger partial charge in [0.05, 0.1) is 0 Å². The summed E-state index contributed by atoms with van der Waals surface area (Å²) in [5.41, 5.74) is 8.77. The average Bonchev–Trinajstić information content (AvgIpc) is 2.28. The van der Waals surface area contributed by atoms with Crippen LogP contribution in [0.3, 0.4) is 0 Å². The largest absolute Gasteiger partial charge is 0.323 e. The van der Waals surface area contributed by atoms with Gasteiger partial charge in [-0.25, -0.2) is 0 Å². The molecule has 0 aliphatic rings. The van der Waals surface area contributed by atoms with Crippen LogP contribution in [0.2, 0.25) is 0 Å². The van der Waals surface area contributed by atoms with Crippen LogP contribution in [-0.4, -0.2) is 0 Å². The first-order chi connectivity index (χ1) is 7.65. The number of benzene rings is 1. The molecule has 0 amide bonds. The first-order valence-corrected chi connectivity index (χ1v) is 5.71. The minimum atomic E-state index is 0.0501. The molecule has 0 saturated carbocycles. The molecule has 1 heteroatoms. The molecule has 2 unspecified atom stereocenters. The molecule has 1 aromatic carbocycles. The van der Waals surface area contributed by atoms with Gasteiger partial charge >= 0.3 is 0 Å². The van der Waals surface area contributed by atoms with E-state index in [1.165, 1.54) is 11.1 Å². The third-order valence-electron chi connectivity index (χ3n) is 2.63. The van der Waals surface area contributed by atoms with E-state index in [4.69, 9.17) is 5.73 Å². The van der Waals surface area contributed by atoms with E-state index >= 15 is 0 Å². The highest BCUT2D eigenvalue weighted by Gasteiger charge is 2.15. The molecule has 0 aliphatic carbocycles. The Hall–Kier alpha value is -1.34. The average molecular weight is 215 g/mol. The lowest BCUT2D eigenvalue weighted by atomic mass is 9.89. The summed E-state index contributed by atoms with van der Waals surface area (Å²) in [6.07, 6.45) is 5.09. The number of hydrogen-bond acceptors (Lipinski definition) is 1. The summed E-state index contributed by atoms with van der Waals surface area (Å²) in [6.45, 7) is 8.01. The van der Waals surface area contributed by atoms with Crippen molar-refractivity contribution >= 4 is 0 Å². The quantitative estimate of drug-likeness (QED) is 0.742. The van der Waals surface area contributed by atoms with Crippen LogP contribution in [0.5, 0.6) is 0 Å². The molecule has 1 nitrogen and oxygen atoms in total. The van der Waals surface area contributed by atoms with E-state index < -0.39 is 0 Å². The molecule has 0 heterocycles. The normalized spacial score (nSPS) is 13.9. The molecule has 2 N–H and O–H groups in total. The topological polar surface area (TPSA) is 26.0 Å². The van der Waals surface area contributed by atoms with Gasteiger partial charge in [0.15, 0.2) is 0 Å². The van der Waals surface area contributed by atoms with E-state index in [9.17, 15) is 0 Å². The standard InChI is InChI=1S/C15H21N/c1-4-8-14(11-12(2)3)15(16)13-9-6-5-7-10-13/h4-7,9-11,14-15H,1,8,16H2,2-3H3. The zero-order chi connectivity index (χ0) is 12.0. The zero-order valence-corrected chi connectivity index (χ0v) is 10.2. The van der Waals surface area contributed by atoms with Crippen molar-refractivity contribution in [3.8, 4) is 0 Å². The lowest BCUT2D eigenvalue weighted by Gasteiger charge is -2.20. The third-order valence-corrected chi connectivity index (χ3v) is 2.63. The summed E-state index contributed by atoms with van der Waals surface area (Å²) >= 11 is 0. The molecule has 0 aliphatic heterocycles. The van der Waals surface area contributed by atoms with Crippen LogP contribution in [-0.2, 0) is 0 Å². The number of rotatable bonds is 5. The molecule has 1 aromatic rings. The molecular weight excluding hydrogens is 194 g/mol. The van der Waals surface area contributed by atoms with Gasteiger partial charge in [-0.05, 0) is 31.7 Å². The predicted molar refractivity (Wildman–Crippen MR) is 71.1 cm³/mol. The van der Waals surface area contributed by atoms with Gasteiger partial charge in [-0.3, -0.25) is 0 Å². The molecule has 16 heavy (non-hydrogen) atoms. The van der Waals surface area contributed by atoms with Crippen molar-refractivity contribution in [3.05, 3.63) is 60.2 Å². The molecule has 0 bridgehead atoms. The van der Waals surface area contributed by atoms with Gasteiger partial charge in [0.25, 0.3) is 0 Å². The molecule has 0 radical (unpaired) electrons. The number of allylic oxidation sites excluding steroid dienone is 2. The molecule has 0 saturated heterocycles. The smallest absolute Gasteiger partial charge is 0.0361 e. The second-order valence-electron chi connectivity index (χ2n) is 4.37. The lowest BCUT2D eigenvalue weighted by molar-refractivity contribution is 0.525. The van der Waals surface area contributed by atoms with Gasteiger partial charge in [-0.15, -0.1) is 6.58 Å². The maximum atomic E-state index is 6.28. The Kier molecular flexibility index (Phi) is 5.00. The van der Waals surface area contributed by atoms with E-state index in [1.807, 2.05) is 24.3 Å². The fourth-order valence-corrected chi connectivity index (χ4v) is 1.86. The summed E-state index contributed by atoms with van der Waals surface area (Å²) in [5, 5.41) is 0. The summed E-state index contributed by atoms with van der Waals surface area (Å²) in [7, 11) is 0. The van der Waals surface area contributed by atoms with E-state index in [2.05, 4.69) is 38.6 Å². The van der Waals surface area contributed by atoms with Crippen LogP contribution in [0.25, 0.3) is 0 Å². The van der Waals surface area contributed by atoms with Crippen LogP contribution >= 0.6 is 0 Å². The Labute approximate surface area is 98.7 Å². The summed E-state index contributed by atoms with van der Waals surface area (Å²) < 4.78 is 0. The van der Waals surface area contributed by atoms with Gasteiger partial charge in [-0.1, -0.05) is 48.1 Å². The molecule has 86 valence electrons. The van der Waals surface area contributed by atoms with E-state index in [0.29, 0.717) is 5.92 Å². The SMILES string of the molecule is C=CCC(C=C(C)C)C(N)c1ccccc1. The van der Waals surface area contributed by atoms with Gasteiger partial charge in [-0.2, -0.15) is 0 Å². The summed E-state index contributed by atoms with van der Waals surface area (Å²) in [4.78, 5) is 0. The Bertz CT molecular complexity index is 347.